The van der Waals surface area contributed by atoms with Crippen molar-refractivity contribution in [3.63, 3.8) is 0 Å². The van der Waals surface area contributed by atoms with Crippen molar-refractivity contribution in [3.8, 4) is 23.0 Å². The summed E-state index contributed by atoms with van der Waals surface area (Å²) in [6.07, 6.45) is 0. The summed E-state index contributed by atoms with van der Waals surface area (Å²) in [5.74, 6) is -0.715. The minimum atomic E-state index is -0.614. The van der Waals surface area contributed by atoms with Crippen molar-refractivity contribution in [3.05, 3.63) is 129 Å². The van der Waals surface area contributed by atoms with Gasteiger partial charge in [-0.1, -0.05) is 60.7 Å². The van der Waals surface area contributed by atoms with E-state index in [4.69, 9.17) is 0 Å². The summed E-state index contributed by atoms with van der Waals surface area (Å²) in [5.41, 5.74) is 0.0673. The number of nitro benzene ring substituents is 2. The molecule has 6 aromatic carbocycles. The largest absolute Gasteiger partial charge is 0.506 e. The van der Waals surface area contributed by atoms with Crippen molar-refractivity contribution >= 4 is 55.7 Å². The van der Waals surface area contributed by atoms with Gasteiger partial charge in [-0.25, -0.2) is 0 Å². The molecule has 0 spiro atoms. The molecule has 0 heterocycles. The summed E-state index contributed by atoms with van der Waals surface area (Å²) in [6.45, 7) is 0. The Labute approximate surface area is 275 Å². The maximum Gasteiger partial charge on any atom is 0.273 e. The van der Waals surface area contributed by atoms with Gasteiger partial charge in [0.15, 0.2) is 0 Å². The fourth-order valence-electron chi connectivity index (χ4n) is 4.32. The minimum absolute atomic E-state index is 0. The quantitative estimate of drug-likeness (QED) is 0.0759. The number of hydrogen-bond acceptors (Lipinski definition) is 12. The molecule has 0 amide bonds. The van der Waals surface area contributed by atoms with Gasteiger partial charge in [0.05, 0.1) is 15.9 Å². The smallest absolute Gasteiger partial charge is 0.273 e. The van der Waals surface area contributed by atoms with Crippen molar-refractivity contribution in [2.45, 2.75) is 0 Å². The standard InChI is InChI=1S/2C16H11N3O4.Cr/c20-14-8-5-10-3-1-2-4-12(10)16(14)18-17-13-7-6-11(19(22)23)9-15(13)21;20-14-8-6-11(19(22)23)9-13(14)17-18-16-12-4-2-1-3-10(12)5-7-15(16)21;/h2*1-9,20-21H;. The second-order valence-corrected chi connectivity index (χ2v) is 9.57. The maximum atomic E-state index is 10.8. The van der Waals surface area contributed by atoms with E-state index in [-0.39, 0.29) is 74.5 Å². The van der Waals surface area contributed by atoms with E-state index >= 15 is 0 Å². The third kappa shape index (κ3) is 7.63. The molecule has 0 aliphatic heterocycles. The number of phenolic OH excluding ortho intramolecular Hbond substituents is 4. The molecule has 14 nitrogen and oxygen atoms in total. The number of hydrogen-bond donors (Lipinski definition) is 4. The number of fused-ring (bicyclic) bond motifs is 2. The first kappa shape index (κ1) is 33.5. The van der Waals surface area contributed by atoms with Crippen molar-refractivity contribution in [2.75, 3.05) is 0 Å². The average Bonchev–Trinajstić information content (AvgIpc) is 3.05. The van der Waals surface area contributed by atoms with Gasteiger partial charge in [-0.3, -0.25) is 20.2 Å². The molecule has 15 heteroatoms. The van der Waals surface area contributed by atoms with Crippen LogP contribution in [0.15, 0.2) is 130 Å². The van der Waals surface area contributed by atoms with Crippen molar-refractivity contribution < 1.29 is 47.6 Å². The zero-order valence-corrected chi connectivity index (χ0v) is 25.2. The molecule has 47 heavy (non-hydrogen) atoms. The molecule has 4 N–H and O–H groups in total. The van der Waals surface area contributed by atoms with Crippen LogP contribution in [0, 0.1) is 20.2 Å². The van der Waals surface area contributed by atoms with Gasteiger partial charge in [0.25, 0.3) is 11.4 Å². The van der Waals surface area contributed by atoms with Gasteiger partial charge in [0.2, 0.25) is 0 Å². The molecule has 0 bridgehead atoms. The SMILES string of the molecule is O=[N+]([O-])c1ccc(N=Nc2c(O)ccc3ccccc23)c(O)c1.O=[N+]([O-])c1ccc(O)c(N=Nc2c(O)ccc3ccccc23)c1.[Cr]. The number of rotatable bonds is 6. The monoisotopic (exact) mass is 670 g/mol. The summed E-state index contributed by atoms with van der Waals surface area (Å²) in [4.78, 5) is 20.2. The average molecular weight is 671 g/mol. The second-order valence-electron chi connectivity index (χ2n) is 9.57. The zero-order valence-electron chi connectivity index (χ0n) is 23.9. The van der Waals surface area contributed by atoms with Crippen LogP contribution in [0.2, 0.25) is 0 Å². The first-order chi connectivity index (χ1) is 22.1. The molecular formula is C32H22CrN6O8. The molecule has 0 fully saturated rings. The third-order valence-electron chi connectivity index (χ3n) is 6.61. The summed E-state index contributed by atoms with van der Waals surface area (Å²) in [6, 6.07) is 28.1. The summed E-state index contributed by atoms with van der Waals surface area (Å²) in [5, 5.41) is 79.7. The third-order valence-corrected chi connectivity index (χ3v) is 6.61. The Hall–Kier alpha value is -6.43. The van der Waals surface area contributed by atoms with E-state index in [1.807, 2.05) is 30.3 Å². The van der Waals surface area contributed by atoms with Gasteiger partial charge < -0.3 is 20.4 Å². The fourth-order valence-corrected chi connectivity index (χ4v) is 4.32. The zero-order chi connectivity index (χ0) is 32.8. The summed E-state index contributed by atoms with van der Waals surface area (Å²) < 4.78 is 0. The van der Waals surface area contributed by atoms with Crippen molar-refractivity contribution in [2.24, 2.45) is 20.5 Å². The van der Waals surface area contributed by atoms with E-state index in [1.54, 1.807) is 30.3 Å². The molecule has 234 valence electrons. The van der Waals surface area contributed by atoms with Gasteiger partial charge in [0, 0.05) is 46.3 Å². The number of azo groups is 2. The minimum Gasteiger partial charge on any atom is -0.506 e. The van der Waals surface area contributed by atoms with E-state index in [9.17, 15) is 40.7 Å². The predicted molar refractivity (Wildman–Crippen MR) is 169 cm³/mol. The molecule has 6 aromatic rings. The Morgan fingerprint density at radius 3 is 1.43 bits per heavy atom. The number of nitrogens with zero attached hydrogens (tertiary/aromatic N) is 6. The molecule has 0 unspecified atom stereocenters. The Morgan fingerprint density at radius 2 is 0.915 bits per heavy atom. The molecular weight excluding hydrogens is 648 g/mol. The predicted octanol–water partition coefficient (Wildman–Crippen LogP) is 9.15. The van der Waals surface area contributed by atoms with Crippen LogP contribution in [-0.2, 0) is 17.4 Å². The topological polar surface area (TPSA) is 217 Å². The second kappa shape index (κ2) is 14.6. The van der Waals surface area contributed by atoms with Gasteiger partial charge in [-0.15, -0.1) is 20.5 Å². The number of phenols is 4. The molecule has 0 radical (unpaired) electrons. The van der Waals surface area contributed by atoms with Crippen LogP contribution in [0.4, 0.5) is 34.1 Å². The fraction of sp³-hybridized carbons (Fsp3) is 0. The van der Waals surface area contributed by atoms with E-state index in [0.717, 1.165) is 22.9 Å². The van der Waals surface area contributed by atoms with E-state index in [2.05, 4.69) is 20.5 Å². The number of non-ortho nitro benzene ring substituents is 2. The molecule has 6 rings (SSSR count). The van der Waals surface area contributed by atoms with Gasteiger partial charge in [-0.2, -0.15) is 0 Å². The normalized spacial score (nSPS) is 10.9. The van der Waals surface area contributed by atoms with Crippen LogP contribution in [0.5, 0.6) is 23.0 Å². The first-order valence-corrected chi connectivity index (χ1v) is 13.3. The Morgan fingerprint density at radius 1 is 0.468 bits per heavy atom. The molecule has 0 aliphatic carbocycles. The van der Waals surface area contributed by atoms with Crippen LogP contribution >= 0.6 is 0 Å². The van der Waals surface area contributed by atoms with Crippen LogP contribution < -0.4 is 0 Å². The maximum absolute atomic E-state index is 10.8. The summed E-state index contributed by atoms with van der Waals surface area (Å²) >= 11 is 0. The van der Waals surface area contributed by atoms with E-state index in [1.165, 1.54) is 36.4 Å². The number of nitro groups is 2. The molecule has 0 atom stereocenters. The van der Waals surface area contributed by atoms with E-state index < -0.39 is 9.85 Å². The van der Waals surface area contributed by atoms with E-state index in [0.29, 0.717) is 10.8 Å². The Kier molecular flexibility index (Phi) is 10.4. The summed E-state index contributed by atoms with van der Waals surface area (Å²) in [7, 11) is 0. The Bertz CT molecular complexity index is 2190. The van der Waals surface area contributed by atoms with Crippen LogP contribution in [0.1, 0.15) is 0 Å². The van der Waals surface area contributed by atoms with Crippen LogP contribution in [-0.4, -0.2) is 30.3 Å². The molecule has 0 saturated heterocycles. The number of benzene rings is 6. The van der Waals surface area contributed by atoms with Crippen molar-refractivity contribution in [1.29, 1.82) is 0 Å². The molecule has 0 aromatic heterocycles. The number of aromatic hydroxyl groups is 4. The first-order valence-electron chi connectivity index (χ1n) is 13.3. The Balaban J connectivity index is 0.000000208. The van der Waals surface area contributed by atoms with Gasteiger partial charge in [0.1, 0.15) is 45.7 Å². The van der Waals surface area contributed by atoms with Crippen LogP contribution in [0.25, 0.3) is 21.5 Å². The van der Waals surface area contributed by atoms with Crippen molar-refractivity contribution in [1.82, 2.24) is 0 Å². The van der Waals surface area contributed by atoms with Crippen LogP contribution in [0.3, 0.4) is 0 Å². The molecule has 0 saturated carbocycles. The molecule has 0 aliphatic rings. The van der Waals surface area contributed by atoms with Gasteiger partial charge >= 0.3 is 0 Å². The van der Waals surface area contributed by atoms with Gasteiger partial charge in [-0.05, 0) is 35.0 Å².